The van der Waals surface area contributed by atoms with E-state index in [4.69, 9.17) is 0 Å². The van der Waals surface area contributed by atoms with E-state index in [-0.39, 0.29) is 0 Å². The lowest BCUT2D eigenvalue weighted by atomic mass is 10.1. The van der Waals surface area contributed by atoms with Crippen LogP contribution >= 0.6 is 11.8 Å². The Morgan fingerprint density at radius 3 is 2.48 bits per heavy atom. The molecule has 29 heavy (non-hydrogen) atoms. The second kappa shape index (κ2) is 9.41. The molecule has 3 aromatic heterocycles. The van der Waals surface area contributed by atoms with Crippen molar-refractivity contribution in [3.63, 3.8) is 0 Å². The van der Waals surface area contributed by atoms with Gasteiger partial charge in [-0.2, -0.15) is 15.5 Å². The molecule has 0 radical (unpaired) electrons. The lowest BCUT2D eigenvalue weighted by Gasteiger charge is -2.08. The first-order chi connectivity index (χ1) is 14.3. The van der Waals surface area contributed by atoms with Crippen molar-refractivity contribution in [1.82, 2.24) is 25.1 Å². The SMILES string of the molecule is C1CCNCC1.N#Cc1cnn2cc(-c3cn[nH]c3)cc(Sc3ccccc3)c12. The molecular formula is C22H22N6S. The second-order valence-electron chi connectivity index (χ2n) is 6.77. The van der Waals surface area contributed by atoms with Gasteiger partial charge >= 0.3 is 0 Å². The fourth-order valence-electron chi connectivity index (χ4n) is 3.23. The molecule has 0 amide bonds. The van der Waals surface area contributed by atoms with Gasteiger partial charge in [-0.15, -0.1) is 0 Å². The number of fused-ring (bicyclic) bond motifs is 1. The lowest BCUT2D eigenvalue weighted by Crippen LogP contribution is -2.21. The molecular weight excluding hydrogens is 380 g/mol. The molecule has 1 aliphatic heterocycles. The molecule has 0 spiro atoms. The van der Waals surface area contributed by atoms with E-state index in [1.807, 2.05) is 42.7 Å². The maximum absolute atomic E-state index is 9.34. The normalized spacial score (nSPS) is 13.5. The minimum Gasteiger partial charge on any atom is -0.317 e. The quantitative estimate of drug-likeness (QED) is 0.527. The Morgan fingerprint density at radius 1 is 1.03 bits per heavy atom. The fraction of sp³-hybridized carbons (Fsp3) is 0.227. The standard InChI is InChI=1S/C17H11N5S.C5H11N/c18-7-13-10-21-22-11-12(14-8-19-20-9-14)6-16(17(13)22)23-15-4-2-1-3-5-15;1-2-4-6-5-3-1/h1-6,8-11H,(H,19,20);6H,1-5H2. The number of nitrogens with one attached hydrogen (secondary N) is 2. The van der Waals surface area contributed by atoms with Gasteiger partial charge in [0.25, 0.3) is 0 Å². The number of hydrogen-bond donors (Lipinski definition) is 2. The predicted octanol–water partition coefficient (Wildman–Crippen LogP) is 4.51. The van der Waals surface area contributed by atoms with Crippen LogP contribution in [0, 0.1) is 11.3 Å². The number of H-pyrrole nitrogens is 1. The third kappa shape index (κ3) is 4.67. The number of hydrogen-bond acceptors (Lipinski definition) is 5. The average Bonchev–Trinajstić information content (AvgIpc) is 3.46. The molecule has 0 atom stereocenters. The number of nitriles is 1. The summed E-state index contributed by atoms with van der Waals surface area (Å²) in [4.78, 5) is 2.10. The molecule has 1 aromatic carbocycles. The summed E-state index contributed by atoms with van der Waals surface area (Å²) in [5.74, 6) is 0. The molecule has 2 N–H and O–H groups in total. The first-order valence-corrected chi connectivity index (χ1v) is 10.5. The number of aromatic amines is 1. The van der Waals surface area contributed by atoms with Gasteiger partial charge in [-0.3, -0.25) is 5.10 Å². The van der Waals surface area contributed by atoms with E-state index < -0.39 is 0 Å². The third-order valence-corrected chi connectivity index (χ3v) is 5.75. The van der Waals surface area contributed by atoms with E-state index in [1.54, 1.807) is 28.7 Å². The predicted molar refractivity (Wildman–Crippen MR) is 115 cm³/mol. The van der Waals surface area contributed by atoms with Crippen molar-refractivity contribution in [2.75, 3.05) is 13.1 Å². The van der Waals surface area contributed by atoms with Crippen molar-refractivity contribution in [2.45, 2.75) is 29.1 Å². The Bertz CT molecular complexity index is 1080. The number of aromatic nitrogens is 4. The van der Waals surface area contributed by atoms with Gasteiger partial charge in [-0.1, -0.05) is 36.4 Å². The van der Waals surface area contributed by atoms with Crippen LogP contribution in [-0.2, 0) is 0 Å². The number of nitrogens with zero attached hydrogens (tertiary/aromatic N) is 4. The highest BCUT2D eigenvalue weighted by Gasteiger charge is 2.13. The van der Waals surface area contributed by atoms with E-state index in [2.05, 4.69) is 32.7 Å². The second-order valence-corrected chi connectivity index (χ2v) is 7.88. The van der Waals surface area contributed by atoms with Crippen molar-refractivity contribution in [3.05, 3.63) is 66.7 Å². The zero-order valence-corrected chi connectivity index (χ0v) is 16.8. The highest BCUT2D eigenvalue weighted by molar-refractivity contribution is 7.99. The first-order valence-electron chi connectivity index (χ1n) is 9.69. The molecule has 5 rings (SSSR count). The largest absolute Gasteiger partial charge is 0.317 e. The molecule has 1 saturated heterocycles. The minimum absolute atomic E-state index is 0.571. The van der Waals surface area contributed by atoms with Crippen LogP contribution in [0.2, 0.25) is 0 Å². The zero-order chi connectivity index (χ0) is 19.9. The summed E-state index contributed by atoms with van der Waals surface area (Å²) >= 11 is 1.62. The van der Waals surface area contributed by atoms with E-state index in [1.165, 1.54) is 32.4 Å². The first kappa shape index (κ1) is 19.2. The lowest BCUT2D eigenvalue weighted by molar-refractivity contribution is 0.520. The van der Waals surface area contributed by atoms with Gasteiger partial charge in [0.1, 0.15) is 6.07 Å². The highest BCUT2D eigenvalue weighted by Crippen LogP contribution is 2.35. The molecule has 1 aliphatic rings. The summed E-state index contributed by atoms with van der Waals surface area (Å²) in [6.45, 7) is 2.50. The number of rotatable bonds is 3. The molecule has 0 unspecified atom stereocenters. The van der Waals surface area contributed by atoms with Gasteiger partial charge in [0.15, 0.2) is 0 Å². The number of piperidine rings is 1. The number of benzene rings is 1. The maximum Gasteiger partial charge on any atom is 0.103 e. The smallest absolute Gasteiger partial charge is 0.103 e. The van der Waals surface area contributed by atoms with Crippen LogP contribution in [0.4, 0.5) is 0 Å². The Labute approximate surface area is 174 Å². The summed E-state index contributed by atoms with van der Waals surface area (Å²) < 4.78 is 1.76. The van der Waals surface area contributed by atoms with Crippen LogP contribution in [0.1, 0.15) is 24.8 Å². The van der Waals surface area contributed by atoms with E-state index in [9.17, 15) is 5.26 Å². The van der Waals surface area contributed by atoms with E-state index in [0.717, 1.165) is 26.4 Å². The molecule has 1 fully saturated rings. The minimum atomic E-state index is 0.571. The molecule has 0 saturated carbocycles. The Balaban J connectivity index is 0.000000294. The van der Waals surface area contributed by atoms with Gasteiger partial charge in [-0.05, 0) is 44.1 Å². The average molecular weight is 403 g/mol. The van der Waals surface area contributed by atoms with Crippen LogP contribution in [0.3, 0.4) is 0 Å². The topological polar surface area (TPSA) is 81.8 Å². The van der Waals surface area contributed by atoms with Gasteiger partial charge in [-0.25, -0.2) is 4.52 Å². The monoisotopic (exact) mass is 402 g/mol. The summed E-state index contributed by atoms with van der Waals surface area (Å²) in [6.07, 6.45) is 11.3. The van der Waals surface area contributed by atoms with Crippen molar-refractivity contribution >= 4 is 17.3 Å². The van der Waals surface area contributed by atoms with Crippen molar-refractivity contribution in [2.24, 2.45) is 0 Å². The fourth-order valence-corrected chi connectivity index (χ4v) is 4.26. The third-order valence-electron chi connectivity index (χ3n) is 4.71. The molecule has 0 bridgehead atoms. The van der Waals surface area contributed by atoms with Crippen molar-refractivity contribution in [3.8, 4) is 17.2 Å². The highest BCUT2D eigenvalue weighted by atomic mass is 32.2. The molecule has 4 heterocycles. The van der Waals surface area contributed by atoms with E-state index in [0.29, 0.717) is 5.56 Å². The molecule has 4 aromatic rings. The summed E-state index contributed by atoms with van der Waals surface area (Å²) in [6, 6.07) is 14.4. The maximum atomic E-state index is 9.34. The summed E-state index contributed by atoms with van der Waals surface area (Å²) in [5, 5.41) is 23.8. The van der Waals surface area contributed by atoms with Gasteiger partial charge in [0, 0.05) is 33.3 Å². The van der Waals surface area contributed by atoms with Crippen LogP contribution in [-0.4, -0.2) is 32.9 Å². The summed E-state index contributed by atoms with van der Waals surface area (Å²) in [7, 11) is 0. The van der Waals surface area contributed by atoms with E-state index >= 15 is 0 Å². The summed E-state index contributed by atoms with van der Waals surface area (Å²) in [5.41, 5.74) is 3.38. The Kier molecular flexibility index (Phi) is 6.25. The Morgan fingerprint density at radius 2 is 1.86 bits per heavy atom. The van der Waals surface area contributed by atoms with Crippen LogP contribution in [0.25, 0.3) is 16.6 Å². The molecule has 6 nitrogen and oxygen atoms in total. The van der Waals surface area contributed by atoms with Crippen molar-refractivity contribution < 1.29 is 0 Å². The van der Waals surface area contributed by atoms with Gasteiger partial charge < -0.3 is 5.32 Å². The van der Waals surface area contributed by atoms with Gasteiger partial charge in [0.05, 0.1) is 23.5 Å². The van der Waals surface area contributed by atoms with Crippen LogP contribution in [0.15, 0.2) is 71.0 Å². The number of pyridine rings is 1. The van der Waals surface area contributed by atoms with Crippen LogP contribution < -0.4 is 5.32 Å². The molecule has 146 valence electrons. The van der Waals surface area contributed by atoms with Gasteiger partial charge in [0.2, 0.25) is 0 Å². The molecule has 0 aliphatic carbocycles. The Hall–Kier alpha value is -3.08. The van der Waals surface area contributed by atoms with Crippen LogP contribution in [0.5, 0.6) is 0 Å². The molecule has 7 heteroatoms. The zero-order valence-electron chi connectivity index (χ0n) is 16.0. The van der Waals surface area contributed by atoms with Crippen molar-refractivity contribution in [1.29, 1.82) is 5.26 Å².